The standard InChI is InChI=1S/C32H37NO8S/c1-23-9-12-27(13-10-23)42(37,38)41-31(36)32(30(34)35,21-26-11-14-28(39-2)29(19-26)40-3)20-24-15-17-33(18-16-24)22-25-7-5-4-6-8-25/h4-14,19,24H,15-18,20-22H2,1-3H3,(H,34,35). The minimum atomic E-state index is -4.56. The molecule has 1 aliphatic rings. The summed E-state index contributed by atoms with van der Waals surface area (Å²) in [5.41, 5.74) is 0.339. The molecule has 3 aromatic carbocycles. The second-order valence-electron chi connectivity index (χ2n) is 10.8. The van der Waals surface area contributed by atoms with Crippen LogP contribution in [0.3, 0.4) is 0 Å². The molecule has 4 rings (SSSR count). The topological polar surface area (TPSA) is 119 Å². The predicted octanol–water partition coefficient (Wildman–Crippen LogP) is 4.86. The fourth-order valence-corrected chi connectivity index (χ4v) is 6.36. The lowest BCUT2D eigenvalue weighted by Crippen LogP contribution is -2.46. The minimum Gasteiger partial charge on any atom is -0.493 e. The summed E-state index contributed by atoms with van der Waals surface area (Å²) in [6, 6.07) is 20.8. The van der Waals surface area contributed by atoms with Crippen LogP contribution in [0, 0.1) is 18.3 Å². The number of carbonyl (C=O) groups is 2. The van der Waals surface area contributed by atoms with E-state index in [1.807, 2.05) is 18.2 Å². The third-order valence-electron chi connectivity index (χ3n) is 7.84. The van der Waals surface area contributed by atoms with Crippen LogP contribution in [0.5, 0.6) is 11.5 Å². The van der Waals surface area contributed by atoms with Crippen LogP contribution in [0.4, 0.5) is 0 Å². The minimum absolute atomic E-state index is 0.0713. The monoisotopic (exact) mass is 595 g/mol. The van der Waals surface area contributed by atoms with E-state index in [0.717, 1.165) is 25.2 Å². The molecule has 1 N–H and O–H groups in total. The van der Waals surface area contributed by atoms with Gasteiger partial charge in [-0.25, -0.2) is 4.79 Å². The van der Waals surface area contributed by atoms with Gasteiger partial charge in [-0.1, -0.05) is 54.1 Å². The van der Waals surface area contributed by atoms with Gasteiger partial charge in [-0.15, -0.1) is 0 Å². The Hall–Kier alpha value is -3.89. The van der Waals surface area contributed by atoms with Crippen molar-refractivity contribution in [3.05, 3.63) is 89.5 Å². The van der Waals surface area contributed by atoms with Gasteiger partial charge in [-0.3, -0.25) is 9.69 Å². The first-order valence-corrected chi connectivity index (χ1v) is 15.2. The highest BCUT2D eigenvalue weighted by molar-refractivity contribution is 7.87. The molecule has 3 aromatic rings. The molecule has 0 spiro atoms. The maximum Gasteiger partial charge on any atom is 0.341 e. The maximum absolute atomic E-state index is 13.8. The first kappa shape index (κ1) is 31.1. The van der Waals surface area contributed by atoms with E-state index in [1.54, 1.807) is 37.3 Å². The number of piperidine rings is 1. The normalized spacial score (nSPS) is 15.9. The number of likely N-dealkylation sites (tertiary alicyclic amines) is 1. The highest BCUT2D eigenvalue weighted by Crippen LogP contribution is 2.39. The summed E-state index contributed by atoms with van der Waals surface area (Å²) >= 11 is 0. The predicted molar refractivity (Wildman–Crippen MR) is 157 cm³/mol. The highest BCUT2D eigenvalue weighted by Gasteiger charge is 2.51. The van der Waals surface area contributed by atoms with Gasteiger partial charge in [0.1, 0.15) is 4.90 Å². The van der Waals surface area contributed by atoms with Crippen molar-refractivity contribution in [2.24, 2.45) is 11.3 Å². The van der Waals surface area contributed by atoms with Crippen LogP contribution in [0.1, 0.15) is 36.0 Å². The van der Waals surface area contributed by atoms with Crippen molar-refractivity contribution in [1.82, 2.24) is 4.90 Å². The molecule has 0 radical (unpaired) electrons. The average Bonchev–Trinajstić information content (AvgIpc) is 2.98. The fourth-order valence-electron chi connectivity index (χ4n) is 5.43. The van der Waals surface area contributed by atoms with Crippen LogP contribution in [0.15, 0.2) is 77.7 Å². The summed E-state index contributed by atoms with van der Waals surface area (Å²) in [5, 5.41) is 10.6. The second-order valence-corrected chi connectivity index (χ2v) is 12.3. The Bertz CT molecular complexity index is 1480. The molecule has 0 aliphatic carbocycles. The largest absolute Gasteiger partial charge is 0.493 e. The Balaban J connectivity index is 1.61. The van der Waals surface area contributed by atoms with Gasteiger partial charge in [0.25, 0.3) is 0 Å². The molecule has 42 heavy (non-hydrogen) atoms. The fraction of sp³-hybridized carbons (Fsp3) is 0.375. The van der Waals surface area contributed by atoms with E-state index >= 15 is 0 Å². The smallest absolute Gasteiger partial charge is 0.341 e. The number of benzene rings is 3. The van der Waals surface area contributed by atoms with Crippen molar-refractivity contribution in [1.29, 1.82) is 0 Å². The van der Waals surface area contributed by atoms with E-state index in [1.165, 1.54) is 31.9 Å². The summed E-state index contributed by atoms with van der Waals surface area (Å²) in [5.74, 6) is -2.07. The van der Waals surface area contributed by atoms with E-state index in [4.69, 9.17) is 13.7 Å². The van der Waals surface area contributed by atoms with E-state index in [-0.39, 0.29) is 23.7 Å². The van der Waals surface area contributed by atoms with Gasteiger partial charge in [0, 0.05) is 6.54 Å². The molecule has 9 nitrogen and oxygen atoms in total. The van der Waals surface area contributed by atoms with Gasteiger partial charge in [-0.2, -0.15) is 8.42 Å². The maximum atomic E-state index is 13.8. The van der Waals surface area contributed by atoms with Gasteiger partial charge in [0.2, 0.25) is 0 Å². The van der Waals surface area contributed by atoms with Gasteiger partial charge in [0.15, 0.2) is 16.9 Å². The lowest BCUT2D eigenvalue weighted by Gasteiger charge is -2.36. The Labute approximate surface area is 247 Å². The molecular weight excluding hydrogens is 558 g/mol. The Morgan fingerprint density at radius 2 is 1.55 bits per heavy atom. The quantitative estimate of drug-likeness (QED) is 0.231. The van der Waals surface area contributed by atoms with Gasteiger partial charge >= 0.3 is 22.1 Å². The molecule has 1 saturated heterocycles. The van der Waals surface area contributed by atoms with Crippen molar-refractivity contribution < 1.29 is 36.8 Å². The Morgan fingerprint density at radius 3 is 2.14 bits per heavy atom. The number of carboxylic acid groups (broad SMARTS) is 1. The van der Waals surface area contributed by atoms with Crippen LogP contribution in [0.2, 0.25) is 0 Å². The number of aliphatic carboxylic acids is 1. The zero-order chi connectivity index (χ0) is 30.3. The third-order valence-corrected chi connectivity index (χ3v) is 9.06. The van der Waals surface area contributed by atoms with E-state index < -0.39 is 27.5 Å². The third kappa shape index (κ3) is 7.30. The van der Waals surface area contributed by atoms with Crippen molar-refractivity contribution in [2.75, 3.05) is 27.3 Å². The lowest BCUT2D eigenvalue weighted by atomic mass is 9.72. The van der Waals surface area contributed by atoms with Gasteiger partial charge < -0.3 is 18.8 Å². The number of carboxylic acids is 1. The van der Waals surface area contributed by atoms with Crippen molar-refractivity contribution in [3.8, 4) is 11.5 Å². The molecule has 0 saturated carbocycles. The van der Waals surface area contributed by atoms with Crippen molar-refractivity contribution >= 4 is 22.1 Å². The van der Waals surface area contributed by atoms with Crippen molar-refractivity contribution in [2.45, 2.75) is 44.0 Å². The van der Waals surface area contributed by atoms with Crippen LogP contribution < -0.4 is 9.47 Å². The molecule has 0 aromatic heterocycles. The van der Waals surface area contributed by atoms with Gasteiger partial charge in [-0.05, 0) is 87.0 Å². The summed E-state index contributed by atoms with van der Waals surface area (Å²) in [6.07, 6.45) is 0.963. The summed E-state index contributed by atoms with van der Waals surface area (Å²) < 4.78 is 41.9. The van der Waals surface area contributed by atoms with Crippen LogP contribution >= 0.6 is 0 Å². The lowest BCUT2D eigenvalue weighted by molar-refractivity contribution is -0.164. The molecule has 1 atom stereocenters. The summed E-state index contributed by atoms with van der Waals surface area (Å²) in [4.78, 5) is 28.9. The average molecular weight is 596 g/mol. The molecule has 1 unspecified atom stereocenters. The molecule has 224 valence electrons. The SMILES string of the molecule is COc1ccc(CC(CC2CCN(Cc3ccccc3)CC2)(C(=O)O)C(=O)OS(=O)(=O)c2ccc(C)cc2)cc1OC. The first-order valence-electron chi connectivity index (χ1n) is 13.8. The zero-order valence-corrected chi connectivity index (χ0v) is 24.9. The van der Waals surface area contributed by atoms with E-state index in [0.29, 0.717) is 29.9 Å². The number of ether oxygens (including phenoxy) is 2. The van der Waals surface area contributed by atoms with Crippen LogP contribution in [-0.4, -0.2) is 57.7 Å². The number of carbonyl (C=O) groups excluding carboxylic acids is 1. The van der Waals surface area contributed by atoms with Crippen molar-refractivity contribution in [3.63, 3.8) is 0 Å². The number of aryl methyl sites for hydroxylation is 1. The van der Waals surface area contributed by atoms with Gasteiger partial charge in [0.05, 0.1) is 14.2 Å². The molecular formula is C32H37NO8S. The zero-order valence-electron chi connectivity index (χ0n) is 24.1. The molecule has 1 aliphatic heterocycles. The molecule has 1 heterocycles. The second kappa shape index (κ2) is 13.4. The summed E-state index contributed by atoms with van der Waals surface area (Å²) in [7, 11) is -1.62. The first-order chi connectivity index (χ1) is 20.1. The number of rotatable bonds is 12. The van der Waals surface area contributed by atoms with E-state index in [2.05, 4.69) is 17.0 Å². The molecule has 0 bridgehead atoms. The summed E-state index contributed by atoms with van der Waals surface area (Å²) in [6.45, 7) is 4.02. The molecule has 10 heteroatoms. The molecule has 0 amide bonds. The number of nitrogens with zero attached hydrogens (tertiary/aromatic N) is 1. The Morgan fingerprint density at radius 1 is 0.905 bits per heavy atom. The molecule has 1 fully saturated rings. The van der Waals surface area contributed by atoms with Crippen LogP contribution in [-0.2, 0) is 36.9 Å². The Kier molecular flexibility index (Phi) is 9.90. The number of hydrogen-bond donors (Lipinski definition) is 1. The number of methoxy groups -OCH3 is 2. The van der Waals surface area contributed by atoms with Crippen LogP contribution in [0.25, 0.3) is 0 Å². The van der Waals surface area contributed by atoms with E-state index in [9.17, 15) is 23.1 Å². The highest BCUT2D eigenvalue weighted by atomic mass is 32.2. The number of hydrogen-bond acceptors (Lipinski definition) is 8.